The molecule has 2 saturated heterocycles. The van der Waals surface area contributed by atoms with E-state index in [1.165, 1.54) is 23.5 Å². The van der Waals surface area contributed by atoms with Gasteiger partial charge in [0.25, 0.3) is 5.91 Å². The molecule has 0 spiro atoms. The van der Waals surface area contributed by atoms with Crippen LogP contribution in [0, 0.1) is 37.5 Å². The molecule has 1 aromatic carbocycles. The van der Waals surface area contributed by atoms with E-state index in [0.717, 1.165) is 58.0 Å². The normalized spacial score (nSPS) is 26.8. The first-order valence-corrected chi connectivity index (χ1v) is 16.4. The van der Waals surface area contributed by atoms with Gasteiger partial charge in [0, 0.05) is 42.4 Å². The first kappa shape index (κ1) is 27.8. The number of benzene rings is 1. The molecular formula is C31H29F3N6O2S2. The summed E-state index contributed by atoms with van der Waals surface area (Å²) < 4.78 is 41.9. The van der Waals surface area contributed by atoms with Gasteiger partial charge in [-0.15, -0.1) is 35.8 Å². The molecule has 8 rings (SSSR count). The van der Waals surface area contributed by atoms with Gasteiger partial charge in [-0.1, -0.05) is 0 Å². The molecule has 4 aliphatic rings. The van der Waals surface area contributed by atoms with Crippen LogP contribution in [0.15, 0.2) is 48.0 Å². The zero-order valence-electron chi connectivity index (χ0n) is 23.9. The molecule has 44 heavy (non-hydrogen) atoms. The Labute approximate surface area is 259 Å². The summed E-state index contributed by atoms with van der Waals surface area (Å²) in [5.74, 6) is 2.13. The van der Waals surface area contributed by atoms with Gasteiger partial charge in [0.2, 0.25) is 0 Å². The molecule has 5 unspecified atom stereocenters. The molecule has 4 fully saturated rings. The Morgan fingerprint density at radius 3 is 2.30 bits per heavy atom. The van der Waals surface area contributed by atoms with Gasteiger partial charge in [0.15, 0.2) is 5.13 Å². The van der Waals surface area contributed by atoms with E-state index in [2.05, 4.69) is 29.8 Å². The van der Waals surface area contributed by atoms with E-state index in [9.17, 15) is 18.0 Å². The van der Waals surface area contributed by atoms with Crippen molar-refractivity contribution in [3.05, 3.63) is 64.2 Å². The third-order valence-electron chi connectivity index (χ3n) is 9.65. The van der Waals surface area contributed by atoms with Crippen molar-refractivity contribution >= 4 is 45.2 Å². The summed E-state index contributed by atoms with van der Waals surface area (Å²) in [6, 6.07) is 10.2. The maximum Gasteiger partial charge on any atom is 0.573 e. The molecule has 228 valence electrons. The summed E-state index contributed by atoms with van der Waals surface area (Å²) >= 11 is 3.13. The SMILES string of the molecule is Cc1nc(C)c(-c2csc(Nc3ccc(C(=O)N4C5C6CC5[C@H]5CC(CN(c7ccc(OC(F)(F)F)cc7)C6)C54)cn3)n2)s1. The second-order valence-electron chi connectivity index (χ2n) is 12.2. The molecule has 2 aliphatic carbocycles. The minimum atomic E-state index is -4.71. The number of aryl methyl sites for hydroxylation is 2. The van der Waals surface area contributed by atoms with Gasteiger partial charge in [-0.05, 0) is 86.8 Å². The van der Waals surface area contributed by atoms with Gasteiger partial charge in [-0.3, -0.25) is 4.79 Å². The van der Waals surface area contributed by atoms with Crippen LogP contribution in [0.5, 0.6) is 5.75 Å². The van der Waals surface area contributed by atoms with Crippen LogP contribution in [-0.4, -0.2) is 57.3 Å². The first-order valence-electron chi connectivity index (χ1n) is 14.7. The lowest BCUT2D eigenvalue weighted by molar-refractivity contribution is -0.274. The van der Waals surface area contributed by atoms with Crippen molar-refractivity contribution in [1.82, 2.24) is 19.9 Å². The number of rotatable bonds is 6. The summed E-state index contributed by atoms with van der Waals surface area (Å²) in [4.78, 5) is 33.2. The van der Waals surface area contributed by atoms with E-state index in [-0.39, 0.29) is 23.7 Å². The Morgan fingerprint density at radius 1 is 1.00 bits per heavy atom. The van der Waals surface area contributed by atoms with Gasteiger partial charge < -0.3 is 19.9 Å². The van der Waals surface area contributed by atoms with E-state index in [1.807, 2.05) is 31.4 Å². The van der Waals surface area contributed by atoms with Crippen LogP contribution in [0.3, 0.4) is 0 Å². The number of ether oxygens (including phenoxy) is 1. The molecule has 0 radical (unpaired) electrons. The van der Waals surface area contributed by atoms with Crippen LogP contribution in [-0.2, 0) is 0 Å². The lowest BCUT2D eigenvalue weighted by atomic mass is 9.60. The van der Waals surface area contributed by atoms with E-state index in [0.29, 0.717) is 35.1 Å². The predicted molar refractivity (Wildman–Crippen MR) is 162 cm³/mol. The predicted octanol–water partition coefficient (Wildman–Crippen LogP) is 6.91. The van der Waals surface area contributed by atoms with Crippen LogP contribution in [0.2, 0.25) is 0 Å². The Morgan fingerprint density at radius 2 is 1.70 bits per heavy atom. The second-order valence-corrected chi connectivity index (χ2v) is 14.3. The third-order valence-corrected chi connectivity index (χ3v) is 11.5. The van der Waals surface area contributed by atoms with Gasteiger partial charge in [-0.2, -0.15) is 0 Å². The highest BCUT2D eigenvalue weighted by atomic mass is 32.1. The van der Waals surface area contributed by atoms with Crippen molar-refractivity contribution in [2.75, 3.05) is 23.3 Å². The number of carbonyl (C=O) groups excluding carboxylic acids is 1. The number of pyridine rings is 1. The topological polar surface area (TPSA) is 83.5 Å². The maximum absolute atomic E-state index is 14.0. The number of carbonyl (C=O) groups is 1. The highest BCUT2D eigenvalue weighted by Gasteiger charge is 2.66. The first-order chi connectivity index (χ1) is 21.1. The molecule has 2 bridgehead atoms. The number of alkyl halides is 3. The average molecular weight is 639 g/mol. The quantitative estimate of drug-likeness (QED) is 0.246. The van der Waals surface area contributed by atoms with Crippen LogP contribution < -0.4 is 15.0 Å². The highest BCUT2D eigenvalue weighted by Crippen LogP contribution is 2.62. The number of thiazole rings is 2. The smallest absolute Gasteiger partial charge is 0.406 e. The Bertz CT molecular complexity index is 1700. The van der Waals surface area contributed by atoms with Crippen molar-refractivity contribution in [2.45, 2.75) is 45.1 Å². The third kappa shape index (κ3) is 4.71. The maximum atomic E-state index is 14.0. The highest BCUT2D eigenvalue weighted by molar-refractivity contribution is 7.16. The molecule has 3 aromatic heterocycles. The van der Waals surface area contributed by atoms with E-state index < -0.39 is 6.36 Å². The summed E-state index contributed by atoms with van der Waals surface area (Å²) in [5, 5.41) is 7.01. The molecule has 1 amide bonds. The number of aromatic nitrogens is 3. The molecule has 6 atom stereocenters. The fraction of sp³-hybridized carbons (Fsp3) is 0.419. The largest absolute Gasteiger partial charge is 0.573 e. The standard InChI is InChI=1S/C31H29F3N6O2S2/c1-15-28(44-16(2)36-15)24-14-43-30(37-24)38-25-8-3-17(11-35-25)29(41)40-26-18-9-22(26)23-10-19(27(23)40)13-39(12-18)20-4-6-21(7-5-20)42-31(32,33)34/h3-8,11,14,18-19,22-23,26-27H,9-10,12-13H2,1-2H3,(H,35,37,38)/t18?,19?,22-,23?,26?,27?/m1/s1. The summed E-state index contributed by atoms with van der Waals surface area (Å²) in [6.45, 7) is 5.53. The molecule has 2 saturated carbocycles. The van der Waals surface area contributed by atoms with Crippen molar-refractivity contribution in [3.8, 4) is 16.3 Å². The number of amides is 1. The van der Waals surface area contributed by atoms with Gasteiger partial charge in [0.05, 0.1) is 26.8 Å². The van der Waals surface area contributed by atoms with Crippen LogP contribution in [0.25, 0.3) is 10.6 Å². The van der Waals surface area contributed by atoms with Gasteiger partial charge in [-0.25, -0.2) is 15.0 Å². The fourth-order valence-electron chi connectivity index (χ4n) is 7.89. The van der Waals surface area contributed by atoms with E-state index in [4.69, 9.17) is 4.98 Å². The number of hydrogen-bond donors (Lipinski definition) is 1. The fourth-order valence-corrected chi connectivity index (χ4v) is 9.55. The van der Waals surface area contributed by atoms with E-state index >= 15 is 0 Å². The number of fused-ring (bicyclic) bond motifs is 1. The van der Waals surface area contributed by atoms with Crippen LogP contribution in [0.4, 0.5) is 29.8 Å². The minimum Gasteiger partial charge on any atom is -0.406 e. The van der Waals surface area contributed by atoms with E-state index in [1.54, 1.807) is 29.7 Å². The van der Waals surface area contributed by atoms with Gasteiger partial charge >= 0.3 is 6.36 Å². The molecule has 8 nitrogen and oxygen atoms in total. The van der Waals surface area contributed by atoms with Crippen molar-refractivity contribution in [1.29, 1.82) is 0 Å². The van der Waals surface area contributed by atoms with Crippen molar-refractivity contribution < 1.29 is 22.7 Å². The number of nitrogens with zero attached hydrogens (tertiary/aromatic N) is 5. The lowest BCUT2D eigenvalue weighted by Gasteiger charge is -2.50. The summed E-state index contributed by atoms with van der Waals surface area (Å²) in [6.07, 6.45) is -0.906. The average Bonchev–Trinajstić information content (AvgIpc) is 3.64. The number of halogens is 3. The van der Waals surface area contributed by atoms with Gasteiger partial charge in [0.1, 0.15) is 11.6 Å². The molecule has 13 heteroatoms. The Balaban J connectivity index is 0.959. The second kappa shape index (κ2) is 10.2. The Kier molecular flexibility index (Phi) is 6.42. The van der Waals surface area contributed by atoms with Crippen LogP contribution in [0.1, 0.15) is 33.9 Å². The van der Waals surface area contributed by atoms with Crippen molar-refractivity contribution in [2.24, 2.45) is 23.7 Å². The number of hydrogen-bond acceptors (Lipinski definition) is 9. The monoisotopic (exact) mass is 638 g/mol. The zero-order chi connectivity index (χ0) is 30.3. The van der Waals surface area contributed by atoms with Crippen LogP contribution >= 0.6 is 22.7 Å². The molecule has 5 heterocycles. The van der Waals surface area contributed by atoms with Crippen molar-refractivity contribution in [3.63, 3.8) is 0 Å². The molecule has 1 N–H and O–H groups in total. The molecule has 2 aliphatic heterocycles. The summed E-state index contributed by atoms with van der Waals surface area (Å²) in [7, 11) is 0. The molecule has 4 aromatic rings. The lowest BCUT2D eigenvalue weighted by Crippen LogP contribution is -2.59. The molecular weight excluding hydrogens is 610 g/mol. The minimum absolute atomic E-state index is 0.0376. The Hall–Kier alpha value is -3.71. The number of anilines is 3. The number of nitrogens with one attached hydrogen (secondary N) is 1. The summed E-state index contributed by atoms with van der Waals surface area (Å²) in [5.41, 5.74) is 3.34. The zero-order valence-corrected chi connectivity index (χ0v) is 25.5.